The number of aryl methyl sites for hydroxylation is 1. The van der Waals surface area contributed by atoms with E-state index in [2.05, 4.69) is 5.32 Å². The number of aliphatic carboxylic acids is 1. The number of carbonyl (C=O) groups excluding carboxylic acids is 1. The van der Waals surface area contributed by atoms with E-state index in [9.17, 15) is 14.7 Å². The Morgan fingerprint density at radius 3 is 2.11 bits per heavy atom. The van der Waals surface area contributed by atoms with Crippen LogP contribution in [0.1, 0.15) is 58.2 Å². The lowest BCUT2D eigenvalue weighted by Gasteiger charge is -2.21. The summed E-state index contributed by atoms with van der Waals surface area (Å²) in [7, 11) is 0. The van der Waals surface area contributed by atoms with Crippen molar-refractivity contribution in [1.82, 2.24) is 5.32 Å². The zero-order chi connectivity index (χ0) is 26.4. The summed E-state index contributed by atoms with van der Waals surface area (Å²) in [5, 5.41) is 22.9. The van der Waals surface area contributed by atoms with Crippen LogP contribution in [-0.2, 0) is 22.5 Å². The molecule has 0 bridgehead atoms. The molecule has 0 aliphatic carbocycles. The second-order valence-corrected chi connectivity index (χ2v) is 10.5. The van der Waals surface area contributed by atoms with E-state index in [-0.39, 0.29) is 13.0 Å². The van der Waals surface area contributed by atoms with E-state index < -0.39 is 23.3 Å². The normalized spacial score (nSPS) is 11.4. The summed E-state index contributed by atoms with van der Waals surface area (Å²) in [6, 6.07) is 17.7. The van der Waals surface area contributed by atoms with Crippen molar-refractivity contribution in [1.29, 1.82) is 0 Å². The molecule has 1 amide bonds. The van der Waals surface area contributed by atoms with Crippen LogP contribution in [0.2, 0.25) is 0 Å². The highest BCUT2D eigenvalue weighted by molar-refractivity contribution is 6.01. The molecule has 0 fully saturated rings. The fraction of sp³-hybridized carbons (Fsp3) is 0.379. The quantitative estimate of drug-likeness (QED) is 0.402. The number of carboxylic acids is 1. The first-order valence-corrected chi connectivity index (χ1v) is 11.7. The number of fused-ring (bicyclic) bond motifs is 1. The van der Waals surface area contributed by atoms with Gasteiger partial charge in [0.1, 0.15) is 5.60 Å². The van der Waals surface area contributed by atoms with E-state index >= 15 is 0 Å². The van der Waals surface area contributed by atoms with Gasteiger partial charge in [-0.05, 0) is 87.1 Å². The highest BCUT2D eigenvalue weighted by Crippen LogP contribution is 2.36. The van der Waals surface area contributed by atoms with E-state index in [1.54, 1.807) is 20.8 Å². The number of rotatable bonds is 5. The van der Waals surface area contributed by atoms with E-state index in [1.807, 2.05) is 82.3 Å². The molecule has 0 aliphatic rings. The van der Waals surface area contributed by atoms with E-state index in [0.29, 0.717) is 0 Å². The molecule has 35 heavy (non-hydrogen) atoms. The maximum atomic E-state index is 12.1. The SMILES string of the molecule is CC(C)(C)O.Cc1cc2ccccc2c(-c2ccccc2CNC(=O)OC(C)(C)C)c1CC(=O)O. The molecule has 0 unspecified atom stereocenters. The molecule has 0 heterocycles. The van der Waals surface area contributed by atoms with Crippen LogP contribution in [0.3, 0.4) is 0 Å². The zero-order valence-corrected chi connectivity index (χ0v) is 21.7. The molecule has 0 saturated carbocycles. The predicted molar refractivity (Wildman–Crippen MR) is 141 cm³/mol. The van der Waals surface area contributed by atoms with E-state index in [0.717, 1.165) is 38.6 Å². The molecule has 3 aromatic rings. The molecule has 0 atom stereocenters. The first-order chi connectivity index (χ1) is 16.2. The third-order valence-corrected chi connectivity index (χ3v) is 4.82. The van der Waals surface area contributed by atoms with Gasteiger partial charge in [0.2, 0.25) is 0 Å². The number of carbonyl (C=O) groups is 2. The Kier molecular flexibility index (Phi) is 9.05. The van der Waals surface area contributed by atoms with Gasteiger partial charge in [0.15, 0.2) is 0 Å². The molecule has 3 N–H and O–H groups in total. The minimum absolute atomic E-state index is 0.0696. The second-order valence-electron chi connectivity index (χ2n) is 10.5. The fourth-order valence-electron chi connectivity index (χ4n) is 3.62. The van der Waals surface area contributed by atoms with Crippen molar-refractivity contribution < 1.29 is 24.5 Å². The van der Waals surface area contributed by atoms with Gasteiger partial charge in [-0.3, -0.25) is 4.79 Å². The topological polar surface area (TPSA) is 95.9 Å². The Morgan fingerprint density at radius 2 is 1.51 bits per heavy atom. The number of hydrogen-bond acceptors (Lipinski definition) is 4. The Hall–Kier alpha value is -3.38. The van der Waals surface area contributed by atoms with Gasteiger partial charge in [0, 0.05) is 6.54 Å². The summed E-state index contributed by atoms with van der Waals surface area (Å²) in [5.74, 6) is -0.876. The van der Waals surface area contributed by atoms with Crippen LogP contribution in [0.5, 0.6) is 0 Å². The van der Waals surface area contributed by atoms with Crippen molar-refractivity contribution >= 4 is 22.8 Å². The van der Waals surface area contributed by atoms with Crippen molar-refractivity contribution in [2.45, 2.75) is 72.6 Å². The van der Waals surface area contributed by atoms with Gasteiger partial charge in [0.25, 0.3) is 0 Å². The first-order valence-electron chi connectivity index (χ1n) is 11.7. The van der Waals surface area contributed by atoms with E-state index in [4.69, 9.17) is 9.84 Å². The second kappa shape index (κ2) is 11.4. The number of nitrogens with one attached hydrogen (secondary N) is 1. The molecular weight excluding hydrogens is 442 g/mol. The minimum atomic E-state index is -0.876. The van der Waals surface area contributed by atoms with Gasteiger partial charge in [-0.25, -0.2) is 4.79 Å². The van der Waals surface area contributed by atoms with E-state index in [1.165, 1.54) is 0 Å². The van der Waals surface area contributed by atoms with Crippen LogP contribution in [-0.4, -0.2) is 33.5 Å². The molecular formula is C29H37NO5. The first kappa shape index (κ1) is 27.9. The number of carboxylic acid groups (broad SMARTS) is 1. The maximum Gasteiger partial charge on any atom is 0.407 e. The average molecular weight is 480 g/mol. The predicted octanol–water partition coefficient (Wildman–Crippen LogP) is 6.24. The van der Waals surface area contributed by atoms with Crippen LogP contribution in [0.4, 0.5) is 4.79 Å². The molecule has 0 radical (unpaired) electrons. The highest BCUT2D eigenvalue weighted by atomic mass is 16.6. The number of benzene rings is 3. The zero-order valence-electron chi connectivity index (χ0n) is 21.7. The van der Waals surface area contributed by atoms with Gasteiger partial charge in [-0.1, -0.05) is 54.6 Å². The lowest BCUT2D eigenvalue weighted by Crippen LogP contribution is -2.32. The molecule has 3 rings (SSSR count). The van der Waals surface area contributed by atoms with Crippen LogP contribution in [0, 0.1) is 6.92 Å². The standard InChI is InChI=1S/C25H27NO4.C4H10O/c1-16-13-17-9-5-7-11-19(17)23(21(16)14-22(27)28)20-12-8-6-10-18(20)15-26-24(29)30-25(2,3)4;1-4(2,3)5/h5-13H,14-15H2,1-4H3,(H,26,29)(H,27,28);5H,1-3H3. The van der Waals surface area contributed by atoms with Crippen LogP contribution in [0.15, 0.2) is 54.6 Å². The number of amides is 1. The van der Waals surface area contributed by atoms with Gasteiger partial charge >= 0.3 is 12.1 Å². The highest BCUT2D eigenvalue weighted by Gasteiger charge is 2.19. The molecule has 0 saturated heterocycles. The lowest BCUT2D eigenvalue weighted by atomic mass is 9.86. The summed E-state index contributed by atoms with van der Waals surface area (Å²) in [6.45, 7) is 12.9. The molecule has 6 nitrogen and oxygen atoms in total. The smallest absolute Gasteiger partial charge is 0.407 e. The van der Waals surface area contributed by atoms with Crippen LogP contribution < -0.4 is 5.32 Å². The van der Waals surface area contributed by atoms with Crippen molar-refractivity contribution in [2.24, 2.45) is 0 Å². The van der Waals surface area contributed by atoms with Gasteiger partial charge in [-0.2, -0.15) is 0 Å². The fourth-order valence-corrected chi connectivity index (χ4v) is 3.62. The number of hydrogen-bond donors (Lipinski definition) is 3. The molecule has 0 aromatic heterocycles. The maximum absolute atomic E-state index is 12.1. The molecule has 0 aliphatic heterocycles. The Labute approximate surface area is 207 Å². The third-order valence-electron chi connectivity index (χ3n) is 4.82. The van der Waals surface area contributed by atoms with Gasteiger partial charge in [-0.15, -0.1) is 0 Å². The molecule has 6 heteroatoms. The average Bonchev–Trinajstić information content (AvgIpc) is 2.70. The summed E-state index contributed by atoms with van der Waals surface area (Å²) in [5.41, 5.74) is 3.34. The monoisotopic (exact) mass is 479 g/mol. The van der Waals surface area contributed by atoms with Crippen molar-refractivity contribution in [3.8, 4) is 11.1 Å². The van der Waals surface area contributed by atoms with Crippen molar-refractivity contribution in [3.05, 3.63) is 71.3 Å². The number of ether oxygens (including phenoxy) is 1. The lowest BCUT2D eigenvalue weighted by molar-refractivity contribution is -0.136. The minimum Gasteiger partial charge on any atom is -0.481 e. The Balaban J connectivity index is 0.000000784. The summed E-state index contributed by atoms with van der Waals surface area (Å²) >= 11 is 0. The summed E-state index contributed by atoms with van der Waals surface area (Å²) in [4.78, 5) is 23.7. The van der Waals surface area contributed by atoms with Crippen LogP contribution in [0.25, 0.3) is 21.9 Å². The molecule has 188 valence electrons. The van der Waals surface area contributed by atoms with Crippen molar-refractivity contribution in [3.63, 3.8) is 0 Å². The number of alkyl carbamates (subject to hydrolysis) is 1. The number of aliphatic hydroxyl groups is 1. The summed E-state index contributed by atoms with van der Waals surface area (Å²) < 4.78 is 5.34. The summed E-state index contributed by atoms with van der Waals surface area (Å²) in [6.07, 6.45) is -0.558. The molecule has 3 aromatic carbocycles. The Bertz CT molecular complexity index is 1180. The molecule has 0 spiro atoms. The van der Waals surface area contributed by atoms with Crippen LogP contribution >= 0.6 is 0 Å². The van der Waals surface area contributed by atoms with Crippen molar-refractivity contribution in [2.75, 3.05) is 0 Å². The largest absolute Gasteiger partial charge is 0.481 e. The Morgan fingerprint density at radius 1 is 0.943 bits per heavy atom. The van der Waals surface area contributed by atoms with Gasteiger partial charge < -0.3 is 20.3 Å². The van der Waals surface area contributed by atoms with Gasteiger partial charge in [0.05, 0.1) is 12.0 Å². The third kappa shape index (κ3) is 9.06.